The van der Waals surface area contributed by atoms with E-state index >= 15 is 4.39 Å². The second-order valence-electron chi connectivity index (χ2n) is 21.0. The summed E-state index contributed by atoms with van der Waals surface area (Å²) in [7, 11) is 2.09. The number of likely N-dealkylation sites (tertiary alicyclic amines) is 1. The molecule has 3 aromatic heterocycles. The average molecular weight is 1050 g/mol. The Morgan fingerprint density at radius 2 is 1.61 bits per heavy atom. The van der Waals surface area contributed by atoms with Crippen molar-refractivity contribution in [1.82, 2.24) is 55.0 Å². The van der Waals surface area contributed by atoms with Crippen LogP contribution in [-0.4, -0.2) is 161 Å². The van der Waals surface area contributed by atoms with E-state index in [1.807, 2.05) is 55.6 Å². The van der Waals surface area contributed by atoms with Crippen LogP contribution in [0, 0.1) is 5.82 Å². The lowest BCUT2D eigenvalue weighted by Crippen LogP contribution is -2.51. The van der Waals surface area contributed by atoms with Crippen LogP contribution in [0.15, 0.2) is 79.0 Å². The molecule has 398 valence electrons. The number of nitrogens with zero attached hydrogens (tertiary/aromatic N) is 10. The van der Waals surface area contributed by atoms with Gasteiger partial charge in [0.25, 0.3) is 5.91 Å². The third-order valence-electron chi connectivity index (χ3n) is 15.6. The van der Waals surface area contributed by atoms with E-state index in [-0.39, 0.29) is 63.9 Å². The average Bonchev–Trinajstić information content (AvgIpc) is 4.11. The summed E-state index contributed by atoms with van der Waals surface area (Å²) in [5, 5.41) is 47.9. The third-order valence-corrected chi connectivity index (χ3v) is 15.6. The van der Waals surface area contributed by atoms with Crippen molar-refractivity contribution in [3.8, 4) is 51.6 Å². The van der Waals surface area contributed by atoms with Crippen LogP contribution >= 0.6 is 0 Å². The summed E-state index contributed by atoms with van der Waals surface area (Å²) in [5.74, 6) is -2.14. The minimum Gasteiger partial charge on any atom is -0.508 e. The van der Waals surface area contributed by atoms with Crippen molar-refractivity contribution in [2.75, 3.05) is 64.4 Å². The molecule has 5 N–H and O–H groups in total. The maximum atomic E-state index is 17.0. The van der Waals surface area contributed by atoms with E-state index in [2.05, 4.69) is 47.1 Å². The number of rotatable bonds is 13. The molecule has 76 heavy (non-hydrogen) atoms. The van der Waals surface area contributed by atoms with Gasteiger partial charge in [-0.25, -0.2) is 4.39 Å². The second kappa shape index (κ2) is 20.4. The molecule has 0 aliphatic carbocycles. The standard InChI is InChI=1S/C55H60F4N12O5/c1-30(2)41-22-43(46(74)23-45(41)73)51-65-66-52(53(75)61-31(3)55(57,58)59)71(51)36-13-9-32(10-14-36)25-68-15-17-69(18-16-68)37-20-38(67(4)28-37)29-76-54-63-49-44(50(64-54)70-26-34-11-12-35(27-70)62-34)24-60-48(47(49)56)42-21-39(72)19-33-7-5-6-8-40(33)42/h5-10,13-14,19,21-24,30-31,34-35,37-38,62,72-74H,11-12,15-18,20,25-29H2,1-4H3,(H,61,75)/t31?,34?,35?,37-,38-/m0/s1. The number of phenols is 3. The van der Waals surface area contributed by atoms with Crippen molar-refractivity contribution < 1.29 is 42.4 Å². The number of likely N-dealkylation sites (N-methyl/N-ethyl adjacent to an activating group) is 1. The molecule has 2 bridgehead atoms. The zero-order valence-electron chi connectivity index (χ0n) is 42.6. The minimum absolute atomic E-state index is 0.00939. The van der Waals surface area contributed by atoms with Crippen molar-refractivity contribution in [2.24, 2.45) is 0 Å². The van der Waals surface area contributed by atoms with Crippen LogP contribution in [0.2, 0.25) is 0 Å². The largest absolute Gasteiger partial charge is 0.508 e. The molecule has 3 unspecified atom stereocenters. The molecular formula is C55H60F4N12O5. The van der Waals surface area contributed by atoms with Gasteiger partial charge in [-0.3, -0.25) is 29.0 Å². The van der Waals surface area contributed by atoms with Gasteiger partial charge in [-0.15, -0.1) is 10.2 Å². The number of ether oxygens (including phenoxy) is 1. The summed E-state index contributed by atoms with van der Waals surface area (Å²) < 4.78 is 65.4. The highest BCUT2D eigenvalue weighted by molar-refractivity contribution is 6.00. The summed E-state index contributed by atoms with van der Waals surface area (Å²) in [6, 6.07) is 19.5. The number of hydrogen-bond acceptors (Lipinski definition) is 15. The lowest BCUT2D eigenvalue weighted by Gasteiger charge is -2.38. The summed E-state index contributed by atoms with van der Waals surface area (Å²) in [6.45, 7) is 11.0. The maximum absolute atomic E-state index is 17.0. The minimum atomic E-state index is -4.70. The molecule has 4 saturated heterocycles. The van der Waals surface area contributed by atoms with E-state index < -0.39 is 29.8 Å². The van der Waals surface area contributed by atoms with Crippen LogP contribution in [0.1, 0.15) is 67.7 Å². The molecule has 1 amide bonds. The number of amides is 1. The fourth-order valence-electron chi connectivity index (χ4n) is 11.4. The lowest BCUT2D eigenvalue weighted by molar-refractivity contribution is -0.149. The van der Waals surface area contributed by atoms with Gasteiger partial charge < -0.3 is 35.6 Å². The van der Waals surface area contributed by atoms with Crippen LogP contribution in [0.5, 0.6) is 23.3 Å². The van der Waals surface area contributed by atoms with Crippen LogP contribution in [-0.2, 0) is 6.54 Å². The first kappa shape index (κ1) is 50.9. The van der Waals surface area contributed by atoms with Crippen LogP contribution in [0.3, 0.4) is 0 Å². The number of carbonyl (C=O) groups excluding carboxylic acids is 1. The molecule has 4 aliphatic rings. The third kappa shape index (κ3) is 10.0. The summed E-state index contributed by atoms with van der Waals surface area (Å²) in [4.78, 5) is 37.0. The SMILES string of the molecule is CC(C)c1cc(-c2nnc(C(=O)NC(C)C(F)(F)F)n2-c2ccc(CN3CCN([C@H]4C[C@@H](COc5nc(N6CC7CCC(C6)N7)c6cnc(-c7cc(O)cc8ccccc78)c(F)c6n5)N(C)C4)CC3)cc2)c(O)cc1O. The van der Waals surface area contributed by atoms with Gasteiger partial charge in [0.05, 0.1) is 10.9 Å². The van der Waals surface area contributed by atoms with Crippen LogP contribution in [0.25, 0.3) is 50.0 Å². The van der Waals surface area contributed by atoms with Gasteiger partial charge in [0.1, 0.15) is 46.9 Å². The van der Waals surface area contributed by atoms with E-state index in [0.717, 1.165) is 88.3 Å². The molecule has 4 aliphatic heterocycles. The van der Waals surface area contributed by atoms with E-state index in [1.165, 1.54) is 22.8 Å². The van der Waals surface area contributed by atoms with Crippen LogP contribution in [0.4, 0.5) is 23.4 Å². The topological polar surface area (TPSA) is 193 Å². The number of benzene rings is 4. The number of aromatic hydroxyl groups is 3. The Balaban J connectivity index is 0.763. The molecule has 0 radical (unpaired) electrons. The van der Waals surface area contributed by atoms with Gasteiger partial charge in [-0.1, -0.05) is 50.2 Å². The molecule has 4 fully saturated rings. The Morgan fingerprint density at radius 1 is 0.868 bits per heavy atom. The number of anilines is 1. The van der Waals surface area contributed by atoms with Crippen molar-refractivity contribution in [3.05, 3.63) is 102 Å². The zero-order valence-corrected chi connectivity index (χ0v) is 42.6. The number of alkyl halides is 3. The quantitative estimate of drug-likeness (QED) is 0.0719. The smallest absolute Gasteiger partial charge is 0.408 e. The van der Waals surface area contributed by atoms with Gasteiger partial charge in [0.15, 0.2) is 11.6 Å². The van der Waals surface area contributed by atoms with Gasteiger partial charge in [-0.05, 0) is 91.4 Å². The van der Waals surface area contributed by atoms with Gasteiger partial charge >= 0.3 is 12.2 Å². The van der Waals surface area contributed by atoms with Gasteiger partial charge in [-0.2, -0.15) is 23.1 Å². The molecule has 7 aromatic rings. The number of pyridine rings is 1. The van der Waals surface area contributed by atoms with E-state index in [4.69, 9.17) is 14.7 Å². The van der Waals surface area contributed by atoms with E-state index in [0.29, 0.717) is 53.3 Å². The second-order valence-corrected chi connectivity index (χ2v) is 21.0. The number of phenolic OH excluding ortho intramolecular Hbond substituents is 3. The molecule has 4 aromatic carbocycles. The molecule has 21 heteroatoms. The lowest BCUT2D eigenvalue weighted by atomic mass is 9.98. The number of halogens is 4. The normalized spacial score (nSPS) is 21.0. The summed E-state index contributed by atoms with van der Waals surface area (Å²) in [6.07, 6.45) is -0.0844. The predicted octanol–water partition coefficient (Wildman–Crippen LogP) is 7.36. The molecule has 17 nitrogen and oxygen atoms in total. The Labute approximate surface area is 436 Å². The first-order valence-corrected chi connectivity index (χ1v) is 25.8. The van der Waals surface area contributed by atoms with Crippen LogP contribution < -0.4 is 20.3 Å². The fraction of sp³-hybridized carbons (Fsp3) is 0.418. The fourth-order valence-corrected chi connectivity index (χ4v) is 11.4. The van der Waals surface area contributed by atoms with Crippen molar-refractivity contribution in [3.63, 3.8) is 0 Å². The number of hydrogen-bond donors (Lipinski definition) is 5. The Hall–Kier alpha value is -7.20. The number of piperazine rings is 2. The number of nitrogens with one attached hydrogen (secondary N) is 2. The van der Waals surface area contributed by atoms with Gasteiger partial charge in [0, 0.05) is 100 Å². The molecule has 7 heterocycles. The highest BCUT2D eigenvalue weighted by atomic mass is 19.4. The van der Waals surface area contributed by atoms with Crippen molar-refractivity contribution >= 4 is 33.4 Å². The molecule has 5 atom stereocenters. The number of carbonyl (C=O) groups is 1. The zero-order chi connectivity index (χ0) is 53.2. The highest BCUT2D eigenvalue weighted by Gasteiger charge is 2.39. The van der Waals surface area contributed by atoms with Crippen molar-refractivity contribution in [1.29, 1.82) is 0 Å². The summed E-state index contributed by atoms with van der Waals surface area (Å²) >= 11 is 0. The van der Waals surface area contributed by atoms with Crippen molar-refractivity contribution in [2.45, 2.75) is 88.9 Å². The Kier molecular flexibility index (Phi) is 13.7. The maximum Gasteiger partial charge on any atom is 0.408 e. The van der Waals surface area contributed by atoms with E-state index in [9.17, 15) is 33.3 Å². The monoisotopic (exact) mass is 1040 g/mol. The highest BCUT2D eigenvalue weighted by Crippen LogP contribution is 2.40. The summed E-state index contributed by atoms with van der Waals surface area (Å²) in [5.41, 5.74) is 2.66. The molecule has 11 rings (SSSR count). The number of fused-ring (bicyclic) bond motifs is 4. The van der Waals surface area contributed by atoms with Gasteiger partial charge in [0.2, 0.25) is 5.82 Å². The Morgan fingerprint density at radius 3 is 2.33 bits per heavy atom. The predicted molar refractivity (Wildman–Crippen MR) is 278 cm³/mol. The molecular weight excluding hydrogens is 985 g/mol. The first-order chi connectivity index (χ1) is 36.4. The first-order valence-electron chi connectivity index (χ1n) is 25.8. The number of aromatic nitrogens is 6. The Bertz CT molecular complexity index is 3300. The van der Waals surface area contributed by atoms with E-state index in [1.54, 1.807) is 24.4 Å². The molecule has 0 saturated carbocycles. The molecule has 0 spiro atoms.